The van der Waals surface area contributed by atoms with Crippen molar-refractivity contribution >= 4 is 5.91 Å². The van der Waals surface area contributed by atoms with E-state index in [0.29, 0.717) is 12.8 Å². The van der Waals surface area contributed by atoms with Gasteiger partial charge < -0.3 is 10.1 Å². The first kappa shape index (κ1) is 20.2. The molecule has 28 heavy (non-hydrogen) atoms. The van der Waals surface area contributed by atoms with Gasteiger partial charge in [0.25, 0.3) is 5.91 Å². The Morgan fingerprint density at radius 1 is 1.11 bits per heavy atom. The molecular weight excluding hydrogens is 369 g/mol. The number of amides is 1. The summed E-state index contributed by atoms with van der Waals surface area (Å²) in [6.45, 7) is 2.25. The van der Waals surface area contributed by atoms with Crippen molar-refractivity contribution in [2.75, 3.05) is 20.2 Å². The normalized spacial score (nSPS) is 16.0. The summed E-state index contributed by atoms with van der Waals surface area (Å²) in [7, 11) is 1.64. The molecule has 4 nitrogen and oxygen atoms in total. The van der Waals surface area contributed by atoms with Gasteiger partial charge in [0.05, 0.1) is 18.2 Å². The third-order valence-corrected chi connectivity index (χ3v) is 4.99. The Labute approximate surface area is 162 Å². The number of methoxy groups -OCH3 is 1. The molecule has 0 aliphatic carbocycles. The number of halogens is 3. The number of ether oxygens (including phenoxy) is 1. The van der Waals surface area contributed by atoms with Gasteiger partial charge in [0.15, 0.2) is 0 Å². The maximum atomic E-state index is 13.1. The molecule has 0 radical (unpaired) electrons. The van der Waals surface area contributed by atoms with Gasteiger partial charge in [0.2, 0.25) is 0 Å². The summed E-state index contributed by atoms with van der Waals surface area (Å²) in [6.07, 6.45) is -3.17. The number of piperidine rings is 1. The van der Waals surface area contributed by atoms with Gasteiger partial charge in [-0.3, -0.25) is 9.69 Å². The Morgan fingerprint density at radius 3 is 2.43 bits per heavy atom. The zero-order valence-corrected chi connectivity index (χ0v) is 15.6. The van der Waals surface area contributed by atoms with Gasteiger partial charge in [-0.25, -0.2) is 0 Å². The van der Waals surface area contributed by atoms with Gasteiger partial charge in [-0.15, -0.1) is 0 Å². The molecule has 3 rings (SSSR count). The summed E-state index contributed by atoms with van der Waals surface area (Å²) in [6, 6.07) is 12.6. The Hall–Kier alpha value is -2.54. The van der Waals surface area contributed by atoms with Crippen LogP contribution in [-0.4, -0.2) is 37.0 Å². The number of hydrogen-bond donors (Lipinski definition) is 1. The van der Waals surface area contributed by atoms with E-state index < -0.39 is 17.6 Å². The first-order valence-corrected chi connectivity index (χ1v) is 9.20. The number of nitrogens with zero attached hydrogens (tertiary/aromatic N) is 1. The molecule has 2 aromatic rings. The molecule has 0 atom stereocenters. The second-order valence-electron chi connectivity index (χ2n) is 6.88. The molecule has 150 valence electrons. The van der Waals surface area contributed by atoms with E-state index in [4.69, 9.17) is 4.74 Å². The standard InChI is InChI=1S/C21H23F3N2O2/c1-28-19-9-5-2-6-15(19)14-26-12-10-16(11-13-26)25-20(27)17-7-3-4-8-18(17)21(22,23)24/h2-9,16H,10-14H2,1H3,(H,25,27). The fraction of sp³-hybridized carbons (Fsp3) is 0.381. The van der Waals surface area contributed by atoms with Crippen LogP contribution in [0.25, 0.3) is 0 Å². The summed E-state index contributed by atoms with van der Waals surface area (Å²) in [4.78, 5) is 14.6. The highest BCUT2D eigenvalue weighted by atomic mass is 19.4. The molecule has 0 bridgehead atoms. The van der Waals surface area contributed by atoms with E-state index in [1.54, 1.807) is 7.11 Å². The van der Waals surface area contributed by atoms with E-state index in [-0.39, 0.29) is 11.6 Å². The molecule has 0 aromatic heterocycles. The molecule has 1 amide bonds. The lowest BCUT2D eigenvalue weighted by molar-refractivity contribution is -0.137. The quantitative estimate of drug-likeness (QED) is 0.833. The van der Waals surface area contributed by atoms with Crippen LogP contribution in [0.5, 0.6) is 5.75 Å². The van der Waals surface area contributed by atoms with E-state index in [1.165, 1.54) is 18.2 Å². The molecule has 1 fully saturated rings. The highest BCUT2D eigenvalue weighted by Gasteiger charge is 2.35. The number of carbonyl (C=O) groups excluding carboxylic acids is 1. The van der Waals surface area contributed by atoms with Crippen LogP contribution >= 0.6 is 0 Å². The highest BCUT2D eigenvalue weighted by molar-refractivity contribution is 5.96. The Balaban J connectivity index is 1.57. The van der Waals surface area contributed by atoms with Crippen LogP contribution in [0.4, 0.5) is 13.2 Å². The van der Waals surface area contributed by atoms with Crippen molar-refractivity contribution in [3.05, 3.63) is 65.2 Å². The van der Waals surface area contributed by atoms with Crippen LogP contribution in [-0.2, 0) is 12.7 Å². The molecule has 1 aliphatic heterocycles. The second-order valence-corrected chi connectivity index (χ2v) is 6.88. The number of hydrogen-bond acceptors (Lipinski definition) is 3. The van der Waals surface area contributed by atoms with E-state index in [9.17, 15) is 18.0 Å². The number of rotatable bonds is 5. The van der Waals surface area contributed by atoms with Crippen molar-refractivity contribution in [3.63, 3.8) is 0 Å². The average Bonchev–Trinajstić information content (AvgIpc) is 2.69. The Kier molecular flexibility index (Phi) is 6.24. The van der Waals surface area contributed by atoms with E-state index in [1.807, 2.05) is 24.3 Å². The number of carbonyl (C=O) groups is 1. The molecule has 0 saturated carbocycles. The van der Waals surface area contributed by atoms with Crippen LogP contribution < -0.4 is 10.1 Å². The minimum Gasteiger partial charge on any atom is -0.496 e. The van der Waals surface area contributed by atoms with Gasteiger partial charge in [-0.05, 0) is 31.0 Å². The van der Waals surface area contributed by atoms with Crippen LogP contribution in [0.3, 0.4) is 0 Å². The zero-order valence-electron chi connectivity index (χ0n) is 15.6. The summed E-state index contributed by atoms with van der Waals surface area (Å²) in [5, 5.41) is 2.76. The maximum absolute atomic E-state index is 13.1. The van der Waals surface area contributed by atoms with E-state index in [2.05, 4.69) is 10.2 Å². The summed E-state index contributed by atoms with van der Waals surface area (Å²) in [5.41, 5.74) is -0.140. The highest BCUT2D eigenvalue weighted by Crippen LogP contribution is 2.32. The van der Waals surface area contributed by atoms with Crippen molar-refractivity contribution in [1.29, 1.82) is 0 Å². The molecular formula is C21H23F3N2O2. The lowest BCUT2D eigenvalue weighted by Gasteiger charge is -2.32. The van der Waals surface area contributed by atoms with Crippen LogP contribution in [0.15, 0.2) is 48.5 Å². The summed E-state index contributed by atoms with van der Waals surface area (Å²) >= 11 is 0. The lowest BCUT2D eigenvalue weighted by Crippen LogP contribution is -2.44. The minimum absolute atomic E-state index is 0.136. The second kappa shape index (κ2) is 8.65. The van der Waals surface area contributed by atoms with E-state index in [0.717, 1.165) is 37.0 Å². The van der Waals surface area contributed by atoms with E-state index >= 15 is 0 Å². The Bertz CT molecular complexity index is 815. The molecule has 1 N–H and O–H groups in total. The molecule has 1 heterocycles. The summed E-state index contributed by atoms with van der Waals surface area (Å²) in [5.74, 6) is 0.165. The number of para-hydroxylation sites is 1. The number of benzene rings is 2. The molecule has 0 spiro atoms. The average molecular weight is 392 g/mol. The maximum Gasteiger partial charge on any atom is 0.417 e. The van der Waals surface area contributed by atoms with Gasteiger partial charge in [0, 0.05) is 31.2 Å². The van der Waals surface area contributed by atoms with Crippen molar-refractivity contribution in [3.8, 4) is 5.75 Å². The minimum atomic E-state index is -4.55. The first-order valence-electron chi connectivity index (χ1n) is 9.20. The largest absolute Gasteiger partial charge is 0.496 e. The van der Waals surface area contributed by atoms with Gasteiger partial charge >= 0.3 is 6.18 Å². The third kappa shape index (κ3) is 4.84. The lowest BCUT2D eigenvalue weighted by atomic mass is 10.0. The number of alkyl halides is 3. The predicted octanol–water partition coefficient (Wildman–Crippen LogP) is 4.11. The number of likely N-dealkylation sites (tertiary alicyclic amines) is 1. The molecule has 0 unspecified atom stereocenters. The fourth-order valence-corrected chi connectivity index (χ4v) is 3.50. The molecule has 1 aliphatic rings. The van der Waals surface area contributed by atoms with Gasteiger partial charge in [-0.2, -0.15) is 13.2 Å². The SMILES string of the molecule is COc1ccccc1CN1CCC(NC(=O)c2ccccc2C(F)(F)F)CC1. The molecule has 7 heteroatoms. The van der Waals surface area contributed by atoms with Crippen LogP contribution in [0.2, 0.25) is 0 Å². The van der Waals surface area contributed by atoms with Crippen LogP contribution in [0.1, 0.15) is 34.3 Å². The van der Waals surface area contributed by atoms with Crippen molar-refractivity contribution in [2.24, 2.45) is 0 Å². The molecule has 2 aromatic carbocycles. The number of nitrogens with one attached hydrogen (secondary N) is 1. The zero-order chi connectivity index (χ0) is 20.1. The van der Waals surface area contributed by atoms with Crippen molar-refractivity contribution in [1.82, 2.24) is 10.2 Å². The van der Waals surface area contributed by atoms with Gasteiger partial charge in [0.1, 0.15) is 5.75 Å². The first-order chi connectivity index (χ1) is 13.4. The van der Waals surface area contributed by atoms with Crippen molar-refractivity contribution < 1.29 is 22.7 Å². The van der Waals surface area contributed by atoms with Crippen molar-refractivity contribution in [2.45, 2.75) is 31.6 Å². The molecule has 1 saturated heterocycles. The fourth-order valence-electron chi connectivity index (χ4n) is 3.50. The Morgan fingerprint density at radius 2 is 1.75 bits per heavy atom. The van der Waals surface area contributed by atoms with Gasteiger partial charge in [-0.1, -0.05) is 30.3 Å². The predicted molar refractivity (Wildman–Crippen MR) is 100 cm³/mol. The summed E-state index contributed by atoms with van der Waals surface area (Å²) < 4.78 is 44.7. The third-order valence-electron chi connectivity index (χ3n) is 4.99. The topological polar surface area (TPSA) is 41.6 Å². The smallest absolute Gasteiger partial charge is 0.417 e. The monoisotopic (exact) mass is 392 g/mol. The van der Waals surface area contributed by atoms with Crippen LogP contribution in [0, 0.1) is 0 Å².